The van der Waals surface area contributed by atoms with Crippen molar-refractivity contribution in [2.75, 3.05) is 0 Å². The molecule has 4 aromatic rings. The number of carbonyl (C=O) groups is 1. The highest BCUT2D eigenvalue weighted by atomic mass is 16.2. The van der Waals surface area contributed by atoms with Gasteiger partial charge in [-0.1, -0.05) is 91.0 Å². The second kappa shape index (κ2) is 9.88. The normalized spacial score (nSPS) is 11.8. The maximum Gasteiger partial charge on any atom is 0.267 e. The van der Waals surface area contributed by atoms with Crippen LogP contribution in [0.15, 0.2) is 108 Å². The average Bonchev–Trinajstić information content (AvgIpc) is 2.82. The van der Waals surface area contributed by atoms with Gasteiger partial charge >= 0.3 is 0 Å². The Bertz CT molecular complexity index is 1180. The molecule has 0 aliphatic carbocycles. The van der Waals surface area contributed by atoms with E-state index < -0.39 is 0 Å². The molecule has 32 heavy (non-hydrogen) atoms. The van der Waals surface area contributed by atoms with Gasteiger partial charge in [0.1, 0.15) is 6.54 Å². The Labute approximate surface area is 187 Å². The number of nitrogens with zero attached hydrogens (tertiary/aromatic N) is 2. The molecule has 0 spiro atoms. The molecule has 1 unspecified atom stereocenters. The lowest BCUT2D eigenvalue weighted by atomic mass is 9.86. The molecule has 1 aromatic heterocycles. The van der Waals surface area contributed by atoms with Crippen LogP contribution in [-0.2, 0) is 11.3 Å². The summed E-state index contributed by atoms with van der Waals surface area (Å²) in [5.41, 5.74) is 3.47. The molecule has 4 rings (SSSR count). The van der Waals surface area contributed by atoms with Crippen molar-refractivity contribution in [1.29, 1.82) is 0 Å². The van der Waals surface area contributed by atoms with Crippen LogP contribution in [-0.4, -0.2) is 21.7 Å². The molecule has 0 saturated carbocycles. The molecule has 0 aliphatic heterocycles. The number of benzene rings is 3. The zero-order valence-electron chi connectivity index (χ0n) is 17.9. The summed E-state index contributed by atoms with van der Waals surface area (Å²) in [4.78, 5) is 25.2. The van der Waals surface area contributed by atoms with Crippen molar-refractivity contribution in [3.63, 3.8) is 0 Å². The van der Waals surface area contributed by atoms with Crippen molar-refractivity contribution < 1.29 is 4.79 Å². The molecule has 1 amide bonds. The largest absolute Gasteiger partial charge is 0.351 e. The minimum atomic E-state index is -0.310. The van der Waals surface area contributed by atoms with E-state index in [9.17, 15) is 9.59 Å². The first-order chi connectivity index (χ1) is 15.6. The van der Waals surface area contributed by atoms with Crippen LogP contribution in [0, 0.1) is 0 Å². The van der Waals surface area contributed by atoms with E-state index in [0.717, 1.165) is 16.7 Å². The molecule has 1 heterocycles. The van der Waals surface area contributed by atoms with E-state index in [4.69, 9.17) is 0 Å². The van der Waals surface area contributed by atoms with Crippen LogP contribution in [0.4, 0.5) is 0 Å². The van der Waals surface area contributed by atoms with Gasteiger partial charge in [0.05, 0.1) is 5.69 Å². The summed E-state index contributed by atoms with van der Waals surface area (Å²) >= 11 is 0. The van der Waals surface area contributed by atoms with Gasteiger partial charge in [0.15, 0.2) is 0 Å². The minimum Gasteiger partial charge on any atom is -0.351 e. The third-order valence-corrected chi connectivity index (χ3v) is 5.44. The third kappa shape index (κ3) is 5.01. The van der Waals surface area contributed by atoms with Gasteiger partial charge in [-0.05, 0) is 24.1 Å². The van der Waals surface area contributed by atoms with Gasteiger partial charge in [-0.25, -0.2) is 4.68 Å². The Balaban J connectivity index is 1.54. The monoisotopic (exact) mass is 423 g/mol. The SMILES string of the molecule is CC(NC(=O)Cn1nc(-c2ccccc2)ccc1=O)C(c1ccccc1)c1ccccc1. The summed E-state index contributed by atoms with van der Waals surface area (Å²) in [6.07, 6.45) is 0. The second-order valence-electron chi connectivity index (χ2n) is 7.74. The molecule has 0 fully saturated rings. The van der Waals surface area contributed by atoms with Gasteiger partial charge in [-0.2, -0.15) is 5.10 Å². The van der Waals surface area contributed by atoms with E-state index in [-0.39, 0.29) is 30.0 Å². The molecular weight excluding hydrogens is 398 g/mol. The molecule has 0 saturated heterocycles. The second-order valence-corrected chi connectivity index (χ2v) is 7.74. The molecule has 3 aromatic carbocycles. The number of rotatable bonds is 7. The molecule has 0 aliphatic rings. The predicted octanol–water partition coefficient (Wildman–Crippen LogP) is 4.25. The summed E-state index contributed by atoms with van der Waals surface area (Å²) < 4.78 is 1.21. The van der Waals surface area contributed by atoms with Crippen molar-refractivity contribution in [3.8, 4) is 11.3 Å². The zero-order chi connectivity index (χ0) is 22.3. The molecule has 160 valence electrons. The van der Waals surface area contributed by atoms with Gasteiger partial charge in [0.2, 0.25) is 5.91 Å². The van der Waals surface area contributed by atoms with Gasteiger partial charge in [-0.15, -0.1) is 0 Å². The fraction of sp³-hybridized carbons (Fsp3) is 0.148. The highest BCUT2D eigenvalue weighted by Gasteiger charge is 2.23. The van der Waals surface area contributed by atoms with Crippen LogP contribution in [0.25, 0.3) is 11.3 Å². The van der Waals surface area contributed by atoms with Crippen LogP contribution < -0.4 is 10.9 Å². The predicted molar refractivity (Wildman–Crippen MR) is 126 cm³/mol. The Kier molecular flexibility index (Phi) is 6.56. The van der Waals surface area contributed by atoms with Crippen molar-refractivity contribution in [3.05, 3.63) is 125 Å². The van der Waals surface area contributed by atoms with Crippen LogP contribution >= 0.6 is 0 Å². The summed E-state index contributed by atoms with van der Waals surface area (Å²) in [6, 6.07) is 32.7. The number of aromatic nitrogens is 2. The van der Waals surface area contributed by atoms with E-state index in [1.165, 1.54) is 10.7 Å². The Morgan fingerprint density at radius 3 is 1.91 bits per heavy atom. The summed E-state index contributed by atoms with van der Waals surface area (Å²) in [7, 11) is 0. The zero-order valence-corrected chi connectivity index (χ0v) is 17.9. The number of amides is 1. The van der Waals surface area contributed by atoms with E-state index >= 15 is 0 Å². The number of hydrogen-bond acceptors (Lipinski definition) is 3. The number of hydrogen-bond donors (Lipinski definition) is 1. The van der Waals surface area contributed by atoms with E-state index in [1.54, 1.807) is 6.07 Å². The molecule has 5 heteroatoms. The van der Waals surface area contributed by atoms with Crippen LogP contribution in [0.5, 0.6) is 0 Å². The first-order valence-corrected chi connectivity index (χ1v) is 10.6. The van der Waals surface area contributed by atoms with Gasteiger partial charge < -0.3 is 5.32 Å². The van der Waals surface area contributed by atoms with E-state index in [2.05, 4.69) is 34.7 Å². The summed E-state index contributed by atoms with van der Waals surface area (Å²) in [6.45, 7) is 1.85. The molecule has 0 bridgehead atoms. The lowest BCUT2D eigenvalue weighted by molar-refractivity contribution is -0.122. The highest BCUT2D eigenvalue weighted by Crippen LogP contribution is 2.28. The standard InChI is InChI=1S/C27H25N3O2/c1-20(27(22-13-7-3-8-14-22)23-15-9-4-10-16-23)28-25(31)19-30-26(32)18-17-24(29-30)21-11-5-2-6-12-21/h2-18,20,27H,19H2,1H3,(H,28,31). The first kappa shape index (κ1) is 21.2. The van der Waals surface area contributed by atoms with Crippen LogP contribution in [0.2, 0.25) is 0 Å². The van der Waals surface area contributed by atoms with Crippen LogP contribution in [0.1, 0.15) is 24.0 Å². The van der Waals surface area contributed by atoms with Crippen molar-refractivity contribution >= 4 is 5.91 Å². The van der Waals surface area contributed by atoms with E-state index in [1.807, 2.05) is 73.7 Å². The number of nitrogens with one attached hydrogen (secondary N) is 1. The van der Waals surface area contributed by atoms with E-state index in [0.29, 0.717) is 5.69 Å². The Morgan fingerprint density at radius 2 is 1.34 bits per heavy atom. The van der Waals surface area contributed by atoms with Gasteiger partial charge in [0.25, 0.3) is 5.56 Å². The number of carbonyl (C=O) groups excluding carboxylic acids is 1. The molecule has 1 N–H and O–H groups in total. The summed E-state index contributed by atoms with van der Waals surface area (Å²) in [5, 5.41) is 7.47. The molecule has 0 radical (unpaired) electrons. The fourth-order valence-electron chi connectivity index (χ4n) is 3.93. The first-order valence-electron chi connectivity index (χ1n) is 10.6. The van der Waals surface area contributed by atoms with Crippen molar-refractivity contribution in [2.24, 2.45) is 0 Å². The Hall–Kier alpha value is -3.99. The average molecular weight is 424 g/mol. The quantitative estimate of drug-likeness (QED) is 0.483. The molecular formula is C27H25N3O2. The maximum atomic E-state index is 12.9. The molecule has 1 atom stereocenters. The van der Waals surface area contributed by atoms with Gasteiger partial charge in [0, 0.05) is 23.6 Å². The third-order valence-electron chi connectivity index (χ3n) is 5.44. The van der Waals surface area contributed by atoms with Crippen LogP contribution in [0.3, 0.4) is 0 Å². The summed E-state index contributed by atoms with van der Waals surface area (Å²) in [5.74, 6) is -0.268. The fourth-order valence-corrected chi connectivity index (χ4v) is 3.93. The maximum absolute atomic E-state index is 12.9. The lowest BCUT2D eigenvalue weighted by Gasteiger charge is -2.26. The Morgan fingerprint density at radius 1 is 0.812 bits per heavy atom. The highest BCUT2D eigenvalue weighted by molar-refractivity contribution is 5.76. The molecule has 5 nitrogen and oxygen atoms in total. The minimum absolute atomic E-state index is 0.0123. The topological polar surface area (TPSA) is 64.0 Å². The van der Waals surface area contributed by atoms with Crippen molar-refractivity contribution in [1.82, 2.24) is 15.1 Å². The smallest absolute Gasteiger partial charge is 0.267 e. The van der Waals surface area contributed by atoms with Gasteiger partial charge in [-0.3, -0.25) is 9.59 Å². The van der Waals surface area contributed by atoms with Crippen molar-refractivity contribution in [2.45, 2.75) is 25.4 Å². The lowest BCUT2D eigenvalue weighted by Crippen LogP contribution is -2.41.